The average Bonchev–Trinajstić information content (AvgIpc) is 3.22. The van der Waals surface area contributed by atoms with Crippen molar-refractivity contribution in [3.05, 3.63) is 47.0 Å². The Hall–Kier alpha value is -2.35. The molecule has 0 aliphatic carbocycles. The van der Waals surface area contributed by atoms with Crippen LogP contribution in [-0.2, 0) is 24.4 Å². The summed E-state index contributed by atoms with van der Waals surface area (Å²) in [4.78, 5) is 15.5. The van der Waals surface area contributed by atoms with Gasteiger partial charge in [-0.15, -0.1) is 10.2 Å². The van der Waals surface area contributed by atoms with Crippen molar-refractivity contribution in [3.63, 3.8) is 0 Å². The van der Waals surface area contributed by atoms with Gasteiger partial charge < -0.3 is 9.47 Å². The summed E-state index contributed by atoms with van der Waals surface area (Å²) in [5.74, 6) is 0.626. The van der Waals surface area contributed by atoms with Crippen LogP contribution in [0, 0.1) is 11.6 Å². The van der Waals surface area contributed by atoms with Gasteiger partial charge in [0.1, 0.15) is 11.6 Å². The lowest BCUT2D eigenvalue weighted by molar-refractivity contribution is -0.130. The lowest BCUT2D eigenvalue weighted by atomic mass is 10.1. The highest BCUT2D eigenvalue weighted by atomic mass is 19.1. The van der Waals surface area contributed by atoms with E-state index in [1.165, 1.54) is 12.1 Å². The van der Waals surface area contributed by atoms with Crippen LogP contribution in [0.5, 0.6) is 0 Å². The summed E-state index contributed by atoms with van der Waals surface area (Å²) in [5.41, 5.74) is 0.486. The van der Waals surface area contributed by atoms with E-state index in [0.29, 0.717) is 31.7 Å². The zero-order valence-electron chi connectivity index (χ0n) is 14.7. The summed E-state index contributed by atoms with van der Waals surface area (Å²) in [6.45, 7) is 4.60. The predicted octanol–water partition coefficient (Wildman–Crippen LogP) is 2.26. The number of likely N-dealkylation sites (tertiary alicyclic amines) is 1. The fourth-order valence-corrected chi connectivity index (χ4v) is 3.87. The van der Waals surface area contributed by atoms with E-state index in [4.69, 9.17) is 0 Å². The van der Waals surface area contributed by atoms with Crippen LogP contribution in [0.3, 0.4) is 0 Å². The molecule has 1 atom stereocenters. The molecule has 1 aromatic carbocycles. The SMILES string of the molecule is CC(=O)N1CCn2c(nnc2[C@@H]2CCCN2Cc2ccc(F)cc2F)C1. The van der Waals surface area contributed by atoms with Crippen molar-refractivity contribution >= 4 is 5.91 Å². The van der Waals surface area contributed by atoms with Crippen molar-refractivity contribution in [2.75, 3.05) is 13.1 Å². The van der Waals surface area contributed by atoms with Crippen LogP contribution in [0.1, 0.15) is 43.0 Å². The molecule has 26 heavy (non-hydrogen) atoms. The van der Waals surface area contributed by atoms with E-state index < -0.39 is 11.6 Å². The Morgan fingerprint density at radius 2 is 2.08 bits per heavy atom. The van der Waals surface area contributed by atoms with Crippen LogP contribution in [-0.4, -0.2) is 43.6 Å². The number of halogens is 2. The monoisotopic (exact) mass is 361 g/mol. The van der Waals surface area contributed by atoms with E-state index in [0.717, 1.165) is 37.1 Å². The lowest BCUT2D eigenvalue weighted by Crippen LogP contribution is -2.38. The minimum atomic E-state index is -0.564. The quantitative estimate of drug-likeness (QED) is 0.842. The summed E-state index contributed by atoms with van der Waals surface area (Å²) in [7, 11) is 0. The number of hydrogen-bond acceptors (Lipinski definition) is 4. The molecule has 2 aliphatic rings. The molecular weight excluding hydrogens is 340 g/mol. The van der Waals surface area contributed by atoms with Crippen molar-refractivity contribution < 1.29 is 13.6 Å². The molecule has 3 heterocycles. The van der Waals surface area contributed by atoms with Crippen LogP contribution in [0.15, 0.2) is 18.2 Å². The molecular formula is C18H21F2N5O. The Balaban J connectivity index is 1.55. The second-order valence-corrected chi connectivity index (χ2v) is 6.93. The fourth-order valence-electron chi connectivity index (χ4n) is 3.87. The molecule has 2 aromatic rings. The first-order valence-electron chi connectivity index (χ1n) is 8.88. The maximum atomic E-state index is 14.0. The van der Waals surface area contributed by atoms with Crippen molar-refractivity contribution in [2.24, 2.45) is 0 Å². The number of aromatic nitrogens is 3. The molecule has 4 rings (SSSR count). The van der Waals surface area contributed by atoms with Crippen LogP contribution in [0.2, 0.25) is 0 Å². The molecule has 8 heteroatoms. The zero-order valence-corrected chi connectivity index (χ0v) is 14.7. The van der Waals surface area contributed by atoms with Gasteiger partial charge in [-0.25, -0.2) is 8.78 Å². The van der Waals surface area contributed by atoms with E-state index in [1.54, 1.807) is 11.8 Å². The Kier molecular flexibility index (Phi) is 4.44. The first-order chi connectivity index (χ1) is 12.5. The molecule has 6 nitrogen and oxygen atoms in total. The van der Waals surface area contributed by atoms with Crippen LogP contribution >= 0.6 is 0 Å². The van der Waals surface area contributed by atoms with Crippen molar-refractivity contribution in [1.82, 2.24) is 24.6 Å². The van der Waals surface area contributed by atoms with Gasteiger partial charge in [0, 0.05) is 38.2 Å². The second-order valence-electron chi connectivity index (χ2n) is 6.93. The third kappa shape index (κ3) is 3.09. The van der Waals surface area contributed by atoms with Gasteiger partial charge in [-0.05, 0) is 25.5 Å². The number of hydrogen-bond donors (Lipinski definition) is 0. The topological polar surface area (TPSA) is 54.3 Å². The van der Waals surface area contributed by atoms with E-state index in [1.807, 2.05) is 0 Å². The standard InChI is InChI=1S/C18H21F2N5O/c1-12(26)23-7-8-25-17(11-23)21-22-18(25)16-3-2-6-24(16)10-13-4-5-14(19)9-15(13)20/h4-5,9,16H,2-3,6-8,10-11H2,1H3/t16-/m0/s1. The normalized spacial score (nSPS) is 20.4. The highest BCUT2D eigenvalue weighted by Crippen LogP contribution is 2.33. The van der Waals surface area contributed by atoms with Gasteiger partial charge in [0.05, 0.1) is 12.6 Å². The molecule has 0 radical (unpaired) electrons. The highest BCUT2D eigenvalue weighted by molar-refractivity contribution is 5.73. The van der Waals surface area contributed by atoms with Gasteiger partial charge in [0.2, 0.25) is 5.91 Å². The molecule has 0 N–H and O–H groups in total. The number of carbonyl (C=O) groups is 1. The molecule has 1 aromatic heterocycles. The van der Waals surface area contributed by atoms with Gasteiger partial charge in [0.15, 0.2) is 11.6 Å². The molecule has 1 saturated heterocycles. The van der Waals surface area contributed by atoms with E-state index in [9.17, 15) is 13.6 Å². The third-order valence-corrected chi connectivity index (χ3v) is 5.28. The maximum absolute atomic E-state index is 14.0. The summed E-state index contributed by atoms with van der Waals surface area (Å²) >= 11 is 0. The van der Waals surface area contributed by atoms with Crippen molar-refractivity contribution in [2.45, 2.75) is 45.4 Å². The van der Waals surface area contributed by atoms with Crippen LogP contribution in [0.25, 0.3) is 0 Å². The molecule has 0 spiro atoms. The molecule has 138 valence electrons. The summed E-state index contributed by atoms with van der Waals surface area (Å²) in [6.07, 6.45) is 1.92. The molecule has 0 bridgehead atoms. The van der Waals surface area contributed by atoms with Crippen LogP contribution < -0.4 is 0 Å². The van der Waals surface area contributed by atoms with E-state index >= 15 is 0 Å². The van der Waals surface area contributed by atoms with Crippen LogP contribution in [0.4, 0.5) is 8.78 Å². The minimum Gasteiger partial charge on any atom is -0.334 e. The number of rotatable bonds is 3. The third-order valence-electron chi connectivity index (χ3n) is 5.28. The van der Waals surface area contributed by atoms with Crippen molar-refractivity contribution in [3.8, 4) is 0 Å². The Morgan fingerprint density at radius 3 is 2.85 bits per heavy atom. The summed E-state index contributed by atoms with van der Waals surface area (Å²) in [5, 5.41) is 8.65. The van der Waals surface area contributed by atoms with E-state index in [-0.39, 0.29) is 11.9 Å². The average molecular weight is 361 g/mol. The van der Waals surface area contributed by atoms with Gasteiger partial charge in [-0.2, -0.15) is 0 Å². The van der Waals surface area contributed by atoms with Gasteiger partial charge in [0.25, 0.3) is 0 Å². The highest BCUT2D eigenvalue weighted by Gasteiger charge is 2.33. The predicted molar refractivity (Wildman–Crippen MR) is 89.9 cm³/mol. The fraction of sp³-hybridized carbons (Fsp3) is 0.500. The summed E-state index contributed by atoms with van der Waals surface area (Å²) < 4.78 is 29.2. The summed E-state index contributed by atoms with van der Waals surface area (Å²) in [6, 6.07) is 3.78. The largest absolute Gasteiger partial charge is 0.334 e. The minimum absolute atomic E-state index is 0.0371. The lowest BCUT2D eigenvalue weighted by Gasteiger charge is -2.29. The first-order valence-corrected chi connectivity index (χ1v) is 8.88. The molecule has 2 aliphatic heterocycles. The zero-order chi connectivity index (χ0) is 18.3. The van der Waals surface area contributed by atoms with Gasteiger partial charge in [-0.3, -0.25) is 9.69 Å². The number of amides is 1. The number of benzene rings is 1. The smallest absolute Gasteiger partial charge is 0.219 e. The Morgan fingerprint density at radius 1 is 1.23 bits per heavy atom. The van der Waals surface area contributed by atoms with Crippen molar-refractivity contribution in [1.29, 1.82) is 0 Å². The van der Waals surface area contributed by atoms with E-state index in [2.05, 4.69) is 19.7 Å². The maximum Gasteiger partial charge on any atom is 0.219 e. The number of nitrogens with zero attached hydrogens (tertiary/aromatic N) is 5. The number of carbonyl (C=O) groups excluding carboxylic acids is 1. The molecule has 1 amide bonds. The molecule has 0 saturated carbocycles. The Bertz CT molecular complexity index is 837. The molecule has 0 unspecified atom stereocenters. The second kappa shape index (κ2) is 6.75. The van der Waals surface area contributed by atoms with Gasteiger partial charge in [-0.1, -0.05) is 6.07 Å². The molecule has 1 fully saturated rings. The van der Waals surface area contributed by atoms with Gasteiger partial charge >= 0.3 is 0 Å². The Labute approximate surface area is 150 Å². The number of fused-ring (bicyclic) bond motifs is 1. The first kappa shape index (κ1) is 17.1.